The second kappa shape index (κ2) is 13.5. The standard InChI is InChI=1S/C9H11NO4.C8H11NO2.C4H7NO/c10-6(9(13)14)3-5-1-2-7(11)8(12)4-5;9-4-3-6-1-2-7(10)8(11)5-6;1-3(2)4(5)6/h1-2,4,6,11-12H,3,10H2,(H,13,14);1-2,5,10-11H,3-4,9H2;1H2,2H3,(H2,5,6). The minimum absolute atomic E-state index is 0.0871. The molecule has 0 aliphatic rings. The molecule has 1 unspecified atom stereocenters. The molecule has 2 aromatic carbocycles. The predicted molar refractivity (Wildman–Crippen MR) is 116 cm³/mol. The van der Waals surface area contributed by atoms with Gasteiger partial charge in [0.25, 0.3) is 0 Å². The normalized spacial score (nSPS) is 10.5. The van der Waals surface area contributed by atoms with Crippen LogP contribution in [-0.2, 0) is 22.4 Å². The molecule has 0 aliphatic heterocycles. The van der Waals surface area contributed by atoms with Gasteiger partial charge in [0.1, 0.15) is 6.04 Å². The molecule has 0 spiro atoms. The Morgan fingerprint density at radius 3 is 1.71 bits per heavy atom. The van der Waals surface area contributed by atoms with Crippen LogP contribution >= 0.6 is 0 Å². The maximum atomic E-state index is 10.4. The van der Waals surface area contributed by atoms with Crippen molar-refractivity contribution < 1.29 is 35.1 Å². The van der Waals surface area contributed by atoms with Crippen molar-refractivity contribution in [2.24, 2.45) is 17.2 Å². The van der Waals surface area contributed by atoms with Gasteiger partial charge >= 0.3 is 5.97 Å². The molecular formula is C21H29N3O7. The second-order valence-corrected chi connectivity index (χ2v) is 6.48. The van der Waals surface area contributed by atoms with E-state index in [9.17, 15) is 9.59 Å². The molecule has 0 saturated heterocycles. The molecule has 11 N–H and O–H groups in total. The third-order valence-electron chi connectivity index (χ3n) is 3.71. The lowest BCUT2D eigenvalue weighted by molar-refractivity contribution is -0.138. The van der Waals surface area contributed by atoms with Crippen LogP contribution < -0.4 is 17.2 Å². The van der Waals surface area contributed by atoms with Gasteiger partial charge in [-0.1, -0.05) is 18.7 Å². The number of hydrogen-bond donors (Lipinski definition) is 8. The molecule has 0 heterocycles. The van der Waals surface area contributed by atoms with Gasteiger partial charge in [-0.05, 0) is 61.7 Å². The number of aromatic hydroxyl groups is 4. The van der Waals surface area contributed by atoms with Crippen molar-refractivity contribution in [3.8, 4) is 23.0 Å². The van der Waals surface area contributed by atoms with Gasteiger partial charge in [0, 0.05) is 5.57 Å². The highest BCUT2D eigenvalue weighted by Gasteiger charge is 2.12. The Kier molecular flexibility index (Phi) is 11.8. The van der Waals surface area contributed by atoms with Crippen LogP contribution in [-0.4, -0.2) is 50.0 Å². The summed E-state index contributed by atoms with van der Waals surface area (Å²) in [4.78, 5) is 20.2. The zero-order valence-electron chi connectivity index (χ0n) is 17.2. The van der Waals surface area contributed by atoms with E-state index in [2.05, 4.69) is 6.58 Å². The number of benzene rings is 2. The van der Waals surface area contributed by atoms with E-state index in [1.54, 1.807) is 13.0 Å². The van der Waals surface area contributed by atoms with Gasteiger partial charge < -0.3 is 42.7 Å². The minimum Gasteiger partial charge on any atom is -0.504 e. The summed E-state index contributed by atoms with van der Waals surface area (Å²) in [5.74, 6) is -2.23. The first-order valence-electron chi connectivity index (χ1n) is 9.04. The fourth-order valence-electron chi connectivity index (χ4n) is 1.93. The molecule has 2 rings (SSSR count). The van der Waals surface area contributed by atoms with Crippen molar-refractivity contribution in [2.45, 2.75) is 25.8 Å². The Labute approximate surface area is 179 Å². The van der Waals surface area contributed by atoms with E-state index in [1.807, 2.05) is 0 Å². The summed E-state index contributed by atoms with van der Waals surface area (Å²) in [5, 5.41) is 44.6. The third kappa shape index (κ3) is 11.1. The first-order valence-corrected chi connectivity index (χ1v) is 9.04. The number of carbonyl (C=O) groups is 2. The highest BCUT2D eigenvalue weighted by Crippen LogP contribution is 2.25. The molecule has 0 aliphatic carbocycles. The topological polar surface area (TPSA) is 213 Å². The SMILES string of the molecule is C=C(C)C(N)=O.NC(Cc1ccc(O)c(O)c1)C(=O)O.NCCc1ccc(O)c(O)c1. The van der Waals surface area contributed by atoms with E-state index in [-0.39, 0.29) is 29.4 Å². The Balaban J connectivity index is 0.000000472. The van der Waals surface area contributed by atoms with E-state index in [0.717, 1.165) is 5.56 Å². The molecule has 0 aromatic heterocycles. The van der Waals surface area contributed by atoms with Crippen molar-refractivity contribution in [1.82, 2.24) is 0 Å². The molecule has 0 saturated carbocycles. The van der Waals surface area contributed by atoms with E-state index in [4.69, 9.17) is 42.7 Å². The van der Waals surface area contributed by atoms with Gasteiger partial charge in [0.05, 0.1) is 0 Å². The number of hydrogen-bond acceptors (Lipinski definition) is 8. The fraction of sp³-hybridized carbons (Fsp3) is 0.238. The van der Waals surface area contributed by atoms with Crippen molar-refractivity contribution in [3.05, 3.63) is 59.7 Å². The van der Waals surface area contributed by atoms with Gasteiger partial charge in [0.2, 0.25) is 5.91 Å². The number of amides is 1. The second-order valence-electron chi connectivity index (χ2n) is 6.48. The first kappa shape index (κ1) is 27.2. The molecule has 2 aromatic rings. The Hall–Kier alpha value is -3.76. The van der Waals surface area contributed by atoms with Gasteiger partial charge in [-0.15, -0.1) is 0 Å². The molecule has 1 atom stereocenters. The smallest absolute Gasteiger partial charge is 0.320 e. The summed E-state index contributed by atoms with van der Waals surface area (Å²) in [6.45, 7) is 5.40. The average molecular weight is 435 g/mol. The molecule has 0 bridgehead atoms. The molecule has 10 nitrogen and oxygen atoms in total. The first-order chi connectivity index (χ1) is 14.4. The van der Waals surface area contributed by atoms with E-state index >= 15 is 0 Å². The zero-order valence-corrected chi connectivity index (χ0v) is 17.2. The summed E-state index contributed by atoms with van der Waals surface area (Å²) < 4.78 is 0. The zero-order chi connectivity index (χ0) is 24.1. The molecule has 170 valence electrons. The van der Waals surface area contributed by atoms with Crippen LogP contribution in [0.4, 0.5) is 0 Å². The quantitative estimate of drug-likeness (QED) is 0.236. The van der Waals surface area contributed by atoms with Crippen LogP contribution in [0.3, 0.4) is 0 Å². The number of primary amides is 1. The van der Waals surface area contributed by atoms with Crippen LogP contribution in [0.5, 0.6) is 23.0 Å². The summed E-state index contributed by atoms with van der Waals surface area (Å²) in [6.07, 6.45) is 0.830. The van der Waals surface area contributed by atoms with Crippen LogP contribution in [0.15, 0.2) is 48.6 Å². The molecule has 31 heavy (non-hydrogen) atoms. The van der Waals surface area contributed by atoms with E-state index < -0.39 is 17.9 Å². The summed E-state index contributed by atoms with van der Waals surface area (Å²) in [7, 11) is 0. The summed E-state index contributed by atoms with van der Waals surface area (Å²) in [5.41, 5.74) is 17.2. The van der Waals surface area contributed by atoms with Crippen LogP contribution in [0, 0.1) is 0 Å². The van der Waals surface area contributed by atoms with Crippen molar-refractivity contribution in [3.63, 3.8) is 0 Å². The number of phenolic OH excluding ortho intramolecular Hbond substituents is 4. The molecular weight excluding hydrogens is 406 g/mol. The number of aliphatic carboxylic acids is 1. The number of carbonyl (C=O) groups excluding carboxylic acids is 1. The largest absolute Gasteiger partial charge is 0.504 e. The number of rotatable bonds is 6. The molecule has 10 heteroatoms. The van der Waals surface area contributed by atoms with Crippen molar-refractivity contribution in [2.75, 3.05) is 6.54 Å². The van der Waals surface area contributed by atoms with Crippen LogP contribution in [0.2, 0.25) is 0 Å². The Morgan fingerprint density at radius 1 is 0.935 bits per heavy atom. The molecule has 1 amide bonds. The maximum absolute atomic E-state index is 10.4. The van der Waals surface area contributed by atoms with Gasteiger partial charge in [-0.2, -0.15) is 0 Å². The van der Waals surface area contributed by atoms with E-state index in [0.29, 0.717) is 24.1 Å². The lowest BCUT2D eigenvalue weighted by Crippen LogP contribution is -2.32. The Bertz CT molecular complexity index is 889. The van der Waals surface area contributed by atoms with Crippen LogP contribution in [0.1, 0.15) is 18.1 Å². The molecule has 0 radical (unpaired) electrons. The van der Waals surface area contributed by atoms with Gasteiger partial charge in [-0.25, -0.2) is 0 Å². The fourth-order valence-corrected chi connectivity index (χ4v) is 1.93. The number of phenols is 4. The lowest BCUT2D eigenvalue weighted by atomic mass is 10.1. The third-order valence-corrected chi connectivity index (χ3v) is 3.71. The predicted octanol–water partition coefficient (Wildman–Crippen LogP) is 0.699. The minimum atomic E-state index is -1.10. The average Bonchev–Trinajstić information content (AvgIpc) is 2.68. The van der Waals surface area contributed by atoms with Gasteiger partial charge in [-0.3, -0.25) is 9.59 Å². The number of nitrogens with two attached hydrogens (primary N) is 3. The highest BCUT2D eigenvalue weighted by molar-refractivity contribution is 5.90. The summed E-state index contributed by atoms with van der Waals surface area (Å²) in [6, 6.07) is 7.80. The van der Waals surface area contributed by atoms with Crippen molar-refractivity contribution in [1.29, 1.82) is 0 Å². The Morgan fingerprint density at radius 2 is 1.35 bits per heavy atom. The summed E-state index contributed by atoms with van der Waals surface area (Å²) >= 11 is 0. The van der Waals surface area contributed by atoms with E-state index in [1.165, 1.54) is 30.3 Å². The van der Waals surface area contributed by atoms with Crippen LogP contribution in [0.25, 0.3) is 0 Å². The maximum Gasteiger partial charge on any atom is 0.320 e. The number of carboxylic acids is 1. The van der Waals surface area contributed by atoms with Crippen molar-refractivity contribution >= 4 is 11.9 Å². The molecule has 0 fully saturated rings. The van der Waals surface area contributed by atoms with Gasteiger partial charge in [0.15, 0.2) is 23.0 Å². The highest BCUT2D eigenvalue weighted by atomic mass is 16.4. The number of carboxylic acid groups (broad SMARTS) is 1. The monoisotopic (exact) mass is 435 g/mol. The lowest BCUT2D eigenvalue weighted by Gasteiger charge is -2.06.